The molecule has 0 fully saturated rings. The highest BCUT2D eigenvalue weighted by Crippen LogP contribution is 2.22. The van der Waals surface area contributed by atoms with Crippen molar-refractivity contribution in [3.05, 3.63) is 36.0 Å². The number of hydrazone groups is 1. The molecule has 0 atom stereocenters. The molecule has 0 radical (unpaired) electrons. The van der Waals surface area contributed by atoms with Gasteiger partial charge in [-0.1, -0.05) is 18.2 Å². The van der Waals surface area contributed by atoms with Crippen molar-refractivity contribution in [3.8, 4) is 0 Å². The van der Waals surface area contributed by atoms with Gasteiger partial charge in [-0.25, -0.2) is 4.79 Å². The number of nitrogens with one attached hydrogen (secondary N) is 1. The first kappa shape index (κ1) is 12.0. The summed E-state index contributed by atoms with van der Waals surface area (Å²) in [4.78, 5) is 15.1. The molecule has 1 aromatic heterocycles. The fraction of sp³-hybridized carbons (Fsp3) is 0.154. The van der Waals surface area contributed by atoms with Crippen LogP contribution in [-0.4, -0.2) is 21.8 Å². The van der Waals surface area contributed by atoms with E-state index in [2.05, 4.69) is 15.5 Å². The zero-order valence-corrected chi connectivity index (χ0v) is 10.1. The number of fused-ring (bicyclic) bond motifs is 1. The highest BCUT2D eigenvalue weighted by molar-refractivity contribution is 6.34. The summed E-state index contributed by atoms with van der Waals surface area (Å²) in [6.07, 6.45) is 0. The maximum absolute atomic E-state index is 10.7. The predicted molar refractivity (Wildman–Crippen MR) is 70.8 cm³/mol. The first-order chi connectivity index (χ1) is 8.58. The molecular formula is C13H13N3O2. The summed E-state index contributed by atoms with van der Waals surface area (Å²) in [5.74, 6) is -1.04. The number of aliphatic carboxylic acids is 1. The Balaban J connectivity index is 2.44. The number of carbonyl (C=O) groups is 1. The monoisotopic (exact) mass is 243 g/mol. The number of pyridine rings is 1. The van der Waals surface area contributed by atoms with Crippen LogP contribution in [0.25, 0.3) is 10.9 Å². The Morgan fingerprint density at radius 1 is 1.39 bits per heavy atom. The molecule has 92 valence electrons. The number of aryl methyl sites for hydroxylation is 1. The quantitative estimate of drug-likeness (QED) is 0.641. The van der Waals surface area contributed by atoms with Gasteiger partial charge in [-0.05, 0) is 26.0 Å². The van der Waals surface area contributed by atoms with E-state index in [0.717, 1.165) is 22.3 Å². The molecule has 0 bridgehead atoms. The van der Waals surface area contributed by atoms with Crippen LogP contribution >= 0.6 is 0 Å². The summed E-state index contributed by atoms with van der Waals surface area (Å²) >= 11 is 0. The van der Waals surface area contributed by atoms with Gasteiger partial charge in [0.25, 0.3) is 0 Å². The topological polar surface area (TPSA) is 74.6 Å². The molecule has 0 spiro atoms. The number of para-hydroxylation sites is 1. The number of benzene rings is 1. The van der Waals surface area contributed by atoms with Crippen LogP contribution in [0, 0.1) is 6.92 Å². The number of hydrogen-bond donors (Lipinski definition) is 2. The number of anilines is 1. The average Bonchev–Trinajstić information content (AvgIpc) is 2.35. The number of nitrogens with zero attached hydrogens (tertiary/aromatic N) is 2. The number of rotatable bonds is 3. The first-order valence-electron chi connectivity index (χ1n) is 5.48. The Morgan fingerprint density at radius 2 is 2.11 bits per heavy atom. The molecule has 1 aromatic carbocycles. The van der Waals surface area contributed by atoms with Crippen molar-refractivity contribution in [2.75, 3.05) is 5.43 Å². The van der Waals surface area contributed by atoms with E-state index in [1.807, 2.05) is 37.3 Å². The lowest BCUT2D eigenvalue weighted by molar-refractivity contribution is -0.129. The standard InChI is InChI=1S/C13H13N3O2/c1-8-7-12(16-15-9(2)13(17)18)10-5-3-4-6-11(10)14-8/h3-7H,1-2H3,(H,14,16)(H,17,18)/b15-9-. The number of carboxylic acids is 1. The van der Waals surface area contributed by atoms with Crippen molar-refractivity contribution in [2.45, 2.75) is 13.8 Å². The van der Waals surface area contributed by atoms with Gasteiger partial charge in [0.05, 0.1) is 11.2 Å². The van der Waals surface area contributed by atoms with Crippen molar-refractivity contribution in [1.29, 1.82) is 0 Å². The lowest BCUT2D eigenvalue weighted by Gasteiger charge is -2.07. The van der Waals surface area contributed by atoms with Crippen molar-refractivity contribution in [1.82, 2.24) is 4.98 Å². The van der Waals surface area contributed by atoms with Crippen molar-refractivity contribution >= 4 is 28.3 Å². The molecule has 18 heavy (non-hydrogen) atoms. The fourth-order valence-corrected chi connectivity index (χ4v) is 1.59. The van der Waals surface area contributed by atoms with Gasteiger partial charge in [0.15, 0.2) is 0 Å². The van der Waals surface area contributed by atoms with E-state index in [1.54, 1.807) is 0 Å². The summed E-state index contributed by atoms with van der Waals surface area (Å²) in [5, 5.41) is 13.5. The van der Waals surface area contributed by atoms with Crippen molar-refractivity contribution in [2.24, 2.45) is 5.10 Å². The van der Waals surface area contributed by atoms with Crippen LogP contribution in [-0.2, 0) is 4.79 Å². The highest BCUT2D eigenvalue weighted by atomic mass is 16.4. The normalized spacial score (nSPS) is 11.6. The second-order valence-corrected chi connectivity index (χ2v) is 3.94. The van der Waals surface area contributed by atoms with Crippen molar-refractivity contribution in [3.63, 3.8) is 0 Å². The van der Waals surface area contributed by atoms with E-state index in [4.69, 9.17) is 5.11 Å². The summed E-state index contributed by atoms with van der Waals surface area (Å²) in [5.41, 5.74) is 5.23. The van der Waals surface area contributed by atoms with Crippen LogP contribution < -0.4 is 5.43 Å². The van der Waals surface area contributed by atoms with Crippen LogP contribution in [0.15, 0.2) is 35.4 Å². The molecule has 5 nitrogen and oxygen atoms in total. The van der Waals surface area contributed by atoms with E-state index in [9.17, 15) is 4.79 Å². The fourth-order valence-electron chi connectivity index (χ4n) is 1.59. The molecule has 0 aliphatic heterocycles. The third kappa shape index (κ3) is 2.45. The maximum Gasteiger partial charge on any atom is 0.351 e. The van der Waals surface area contributed by atoms with Gasteiger partial charge in [-0.2, -0.15) is 5.10 Å². The molecule has 0 aliphatic carbocycles. The molecule has 1 heterocycles. The minimum absolute atomic E-state index is 0.00791. The summed E-state index contributed by atoms with van der Waals surface area (Å²) in [6.45, 7) is 3.32. The molecule has 5 heteroatoms. The molecule has 2 rings (SSSR count). The van der Waals surface area contributed by atoms with E-state index < -0.39 is 5.97 Å². The Labute approximate surface area is 104 Å². The first-order valence-corrected chi connectivity index (χ1v) is 5.48. The zero-order valence-electron chi connectivity index (χ0n) is 10.1. The molecular weight excluding hydrogens is 230 g/mol. The summed E-state index contributed by atoms with van der Waals surface area (Å²) < 4.78 is 0. The van der Waals surface area contributed by atoms with Crippen LogP contribution in [0.5, 0.6) is 0 Å². The highest BCUT2D eigenvalue weighted by Gasteiger charge is 2.04. The van der Waals surface area contributed by atoms with Crippen LogP contribution in [0.2, 0.25) is 0 Å². The van der Waals surface area contributed by atoms with Gasteiger partial charge in [-0.3, -0.25) is 10.4 Å². The molecule has 0 unspecified atom stereocenters. The Bertz CT molecular complexity index is 635. The van der Waals surface area contributed by atoms with Gasteiger partial charge in [0, 0.05) is 11.1 Å². The van der Waals surface area contributed by atoms with E-state index in [1.165, 1.54) is 6.92 Å². The number of hydrogen-bond acceptors (Lipinski definition) is 4. The van der Waals surface area contributed by atoms with Gasteiger partial charge in [-0.15, -0.1) is 0 Å². The SMILES string of the molecule is C/C(=N/Nc1cc(C)nc2ccccc12)C(=O)O. The molecule has 2 N–H and O–H groups in total. The lowest BCUT2D eigenvalue weighted by atomic mass is 10.1. The smallest absolute Gasteiger partial charge is 0.351 e. The second-order valence-electron chi connectivity index (χ2n) is 3.94. The summed E-state index contributed by atoms with van der Waals surface area (Å²) in [7, 11) is 0. The van der Waals surface area contributed by atoms with E-state index in [-0.39, 0.29) is 5.71 Å². The van der Waals surface area contributed by atoms with E-state index in [0.29, 0.717) is 0 Å². The predicted octanol–water partition coefficient (Wildman–Crippen LogP) is 2.42. The third-order valence-electron chi connectivity index (χ3n) is 2.50. The average molecular weight is 243 g/mol. The van der Waals surface area contributed by atoms with Crippen LogP contribution in [0.4, 0.5) is 5.69 Å². The van der Waals surface area contributed by atoms with Crippen LogP contribution in [0.1, 0.15) is 12.6 Å². The summed E-state index contributed by atoms with van der Waals surface area (Å²) in [6, 6.07) is 9.46. The molecule has 0 aliphatic rings. The second kappa shape index (κ2) is 4.83. The zero-order chi connectivity index (χ0) is 13.1. The minimum atomic E-state index is -1.04. The molecule has 0 saturated carbocycles. The minimum Gasteiger partial charge on any atom is -0.477 e. The largest absolute Gasteiger partial charge is 0.477 e. The Morgan fingerprint density at radius 3 is 2.83 bits per heavy atom. The number of carboxylic acid groups (broad SMARTS) is 1. The van der Waals surface area contributed by atoms with Crippen molar-refractivity contribution < 1.29 is 9.90 Å². The Kier molecular flexibility index (Phi) is 3.23. The molecule has 0 saturated heterocycles. The Hall–Kier alpha value is -2.43. The lowest BCUT2D eigenvalue weighted by Crippen LogP contribution is -2.10. The third-order valence-corrected chi connectivity index (χ3v) is 2.50. The maximum atomic E-state index is 10.7. The van der Waals surface area contributed by atoms with Gasteiger partial charge < -0.3 is 5.11 Å². The van der Waals surface area contributed by atoms with Gasteiger partial charge in [0.2, 0.25) is 0 Å². The van der Waals surface area contributed by atoms with Crippen LogP contribution in [0.3, 0.4) is 0 Å². The van der Waals surface area contributed by atoms with Gasteiger partial charge >= 0.3 is 5.97 Å². The number of aromatic nitrogens is 1. The molecule has 2 aromatic rings. The molecule has 0 amide bonds. The van der Waals surface area contributed by atoms with E-state index >= 15 is 0 Å². The van der Waals surface area contributed by atoms with Gasteiger partial charge in [0.1, 0.15) is 5.71 Å².